The van der Waals surface area contributed by atoms with E-state index < -0.39 is 18.0 Å². The van der Waals surface area contributed by atoms with Gasteiger partial charge in [-0.05, 0) is 29.8 Å². The lowest BCUT2D eigenvalue weighted by molar-refractivity contribution is 0.0934. The van der Waals surface area contributed by atoms with Gasteiger partial charge in [0.1, 0.15) is 23.6 Å². The number of nitrogens with one attached hydrogen (secondary N) is 1. The summed E-state index contributed by atoms with van der Waals surface area (Å²) < 4.78 is 11.5. The van der Waals surface area contributed by atoms with Crippen LogP contribution in [0.5, 0.6) is 5.75 Å². The molecule has 1 amide bonds. The number of nitrogens with zero attached hydrogens (tertiary/aromatic N) is 1. The Bertz CT molecular complexity index is 1250. The van der Waals surface area contributed by atoms with E-state index in [2.05, 4.69) is 10.5 Å². The third kappa shape index (κ3) is 4.42. The van der Waals surface area contributed by atoms with Crippen molar-refractivity contribution in [2.45, 2.75) is 12.1 Å². The van der Waals surface area contributed by atoms with Crippen molar-refractivity contribution in [2.24, 2.45) is 10.9 Å². The molecule has 0 bridgehead atoms. The number of furan rings is 1. The zero-order valence-electron chi connectivity index (χ0n) is 18.0. The molecule has 0 spiro atoms. The molecule has 8 heteroatoms. The predicted molar refractivity (Wildman–Crippen MR) is 127 cm³/mol. The zero-order chi connectivity index (χ0) is 23.4. The highest BCUT2D eigenvalue weighted by atomic mass is 16.5. The van der Waals surface area contributed by atoms with Crippen LogP contribution in [0.2, 0.25) is 0 Å². The van der Waals surface area contributed by atoms with Gasteiger partial charge >= 0.3 is 0 Å². The highest BCUT2D eigenvalue weighted by molar-refractivity contribution is 5.98. The van der Waals surface area contributed by atoms with E-state index in [9.17, 15) is 9.70 Å². The molecule has 2 atom stereocenters. The Morgan fingerprint density at radius 1 is 1.09 bits per heavy atom. The molecule has 0 saturated carbocycles. The Balaban J connectivity index is 1.70. The van der Waals surface area contributed by atoms with Gasteiger partial charge in [-0.2, -0.15) is 4.91 Å². The number of fused-ring (bicyclic) bond motifs is 1. The van der Waals surface area contributed by atoms with Gasteiger partial charge in [0, 0.05) is 16.6 Å². The number of anilines is 1. The fourth-order valence-corrected chi connectivity index (χ4v) is 3.86. The van der Waals surface area contributed by atoms with Crippen LogP contribution >= 0.6 is 0 Å². The van der Waals surface area contributed by atoms with E-state index in [-0.39, 0.29) is 17.9 Å². The number of carbonyl (C=O) groups excluding carboxylic acids is 1. The van der Waals surface area contributed by atoms with E-state index in [1.807, 2.05) is 60.7 Å². The molecule has 1 heterocycles. The summed E-state index contributed by atoms with van der Waals surface area (Å²) in [6.07, 6.45) is 0. The molecule has 4 rings (SSSR count). The molecule has 0 aliphatic rings. The normalized spacial score (nSPS) is 12.8. The number of nitroso groups, excluding NO2 is 1. The zero-order valence-corrected chi connectivity index (χ0v) is 18.0. The van der Waals surface area contributed by atoms with Crippen molar-refractivity contribution in [3.05, 3.63) is 100 Å². The minimum atomic E-state index is -0.762. The maximum absolute atomic E-state index is 13.2. The molecule has 3 aromatic carbocycles. The second kappa shape index (κ2) is 9.54. The first-order chi connectivity index (χ1) is 16.0. The Hall–Kier alpha value is -4.17. The minimum Gasteiger partial charge on any atom is -0.495 e. The lowest BCUT2D eigenvalue weighted by Gasteiger charge is -2.21. The van der Waals surface area contributed by atoms with Crippen LogP contribution in [0.25, 0.3) is 11.0 Å². The number of ether oxygens (including phenoxy) is 1. The third-order valence-corrected chi connectivity index (χ3v) is 5.51. The Kier molecular flexibility index (Phi) is 6.37. The van der Waals surface area contributed by atoms with Crippen molar-refractivity contribution < 1.29 is 13.9 Å². The van der Waals surface area contributed by atoms with Gasteiger partial charge in [0.05, 0.1) is 24.8 Å². The number of methoxy groups -OCH3 is 1. The molecule has 0 aliphatic heterocycles. The number of carbonyl (C=O) groups is 1. The van der Waals surface area contributed by atoms with Crippen LogP contribution in [0, 0.1) is 4.91 Å². The van der Waals surface area contributed by atoms with Gasteiger partial charge < -0.3 is 25.9 Å². The lowest BCUT2D eigenvalue weighted by Crippen LogP contribution is -2.31. The molecule has 5 N–H and O–H groups in total. The molecule has 1 aromatic heterocycles. The molecule has 4 aromatic rings. The summed E-state index contributed by atoms with van der Waals surface area (Å²) in [6.45, 7) is -0.113. The molecule has 2 unspecified atom stereocenters. The number of nitrogen functional groups attached to an aromatic ring is 1. The predicted octanol–water partition coefficient (Wildman–Crippen LogP) is 4.31. The first kappa shape index (κ1) is 22.0. The Morgan fingerprint density at radius 2 is 1.82 bits per heavy atom. The number of para-hydroxylation sites is 1. The van der Waals surface area contributed by atoms with E-state index in [0.29, 0.717) is 22.6 Å². The highest BCUT2D eigenvalue weighted by Crippen LogP contribution is 2.38. The summed E-state index contributed by atoms with van der Waals surface area (Å²) in [5.74, 6) is 0.291. The summed E-state index contributed by atoms with van der Waals surface area (Å²) in [4.78, 5) is 24.2. The van der Waals surface area contributed by atoms with Crippen molar-refractivity contribution in [1.82, 2.24) is 5.32 Å². The number of hydrogen-bond acceptors (Lipinski definition) is 7. The fourth-order valence-electron chi connectivity index (χ4n) is 3.86. The first-order valence-corrected chi connectivity index (χ1v) is 10.4. The summed E-state index contributed by atoms with van der Waals surface area (Å²) in [6, 6.07) is 20.3. The van der Waals surface area contributed by atoms with Crippen LogP contribution in [0.1, 0.15) is 39.3 Å². The first-order valence-electron chi connectivity index (χ1n) is 10.4. The molecule has 168 valence electrons. The minimum absolute atomic E-state index is 0.113. The molecular formula is C25H24N4O4. The third-order valence-electron chi connectivity index (χ3n) is 5.51. The Morgan fingerprint density at radius 3 is 2.52 bits per heavy atom. The molecule has 8 nitrogen and oxygen atoms in total. The number of benzene rings is 3. The van der Waals surface area contributed by atoms with Crippen molar-refractivity contribution >= 4 is 22.6 Å². The summed E-state index contributed by atoms with van der Waals surface area (Å²) in [7, 11) is 1.45. The SMILES string of the molecule is COc1c(C(=O)NC(CN=O)c2ccccc2)ccc(N)c1C(N)c1cc2ccccc2o1. The van der Waals surface area contributed by atoms with E-state index >= 15 is 0 Å². The van der Waals surface area contributed by atoms with Crippen LogP contribution in [0.3, 0.4) is 0 Å². The van der Waals surface area contributed by atoms with Gasteiger partial charge in [-0.3, -0.25) is 4.79 Å². The van der Waals surface area contributed by atoms with Crippen LogP contribution in [-0.4, -0.2) is 19.6 Å². The number of rotatable bonds is 8. The average Bonchev–Trinajstić information content (AvgIpc) is 3.28. The van der Waals surface area contributed by atoms with Gasteiger partial charge in [-0.15, -0.1) is 0 Å². The molecule has 0 radical (unpaired) electrons. The van der Waals surface area contributed by atoms with Crippen molar-refractivity contribution in [3.63, 3.8) is 0 Å². The number of amides is 1. The van der Waals surface area contributed by atoms with E-state index in [4.69, 9.17) is 20.6 Å². The average molecular weight is 444 g/mol. The van der Waals surface area contributed by atoms with Gasteiger partial charge in [0.2, 0.25) is 0 Å². The van der Waals surface area contributed by atoms with Crippen LogP contribution in [0.15, 0.2) is 82.4 Å². The highest BCUT2D eigenvalue weighted by Gasteiger charge is 2.27. The van der Waals surface area contributed by atoms with Gasteiger partial charge in [-0.1, -0.05) is 53.7 Å². The maximum atomic E-state index is 13.2. The maximum Gasteiger partial charge on any atom is 0.255 e. The fraction of sp³-hybridized carbons (Fsp3) is 0.160. The van der Waals surface area contributed by atoms with Gasteiger partial charge in [-0.25, -0.2) is 0 Å². The summed E-state index contributed by atoms with van der Waals surface area (Å²) in [5.41, 5.74) is 15.3. The molecule has 0 aliphatic carbocycles. The van der Waals surface area contributed by atoms with Crippen LogP contribution < -0.4 is 21.5 Å². The standard InChI is InChI=1S/C25H24N4O4/c1-32-24-17(25(30)29-19(14-28-31)15-7-3-2-4-8-15)11-12-18(26)22(24)23(27)21-13-16-9-5-6-10-20(16)33-21/h2-13,19,23H,14,26-27H2,1H3,(H,29,30). The van der Waals surface area contributed by atoms with E-state index in [1.54, 1.807) is 12.1 Å². The van der Waals surface area contributed by atoms with Crippen LogP contribution in [-0.2, 0) is 0 Å². The molecule has 0 fully saturated rings. The largest absolute Gasteiger partial charge is 0.495 e. The second-order valence-corrected chi connectivity index (χ2v) is 7.56. The molecule has 33 heavy (non-hydrogen) atoms. The van der Waals surface area contributed by atoms with Gasteiger partial charge in [0.25, 0.3) is 5.91 Å². The quantitative estimate of drug-likeness (QED) is 0.274. The summed E-state index contributed by atoms with van der Waals surface area (Å²) >= 11 is 0. The second-order valence-electron chi connectivity index (χ2n) is 7.56. The van der Waals surface area contributed by atoms with Gasteiger partial charge in [0.15, 0.2) is 0 Å². The Labute approximate surface area is 190 Å². The molecule has 0 saturated heterocycles. The smallest absolute Gasteiger partial charge is 0.255 e. The monoisotopic (exact) mass is 444 g/mol. The van der Waals surface area contributed by atoms with E-state index in [0.717, 1.165) is 10.9 Å². The van der Waals surface area contributed by atoms with Crippen molar-refractivity contribution in [1.29, 1.82) is 0 Å². The number of hydrogen-bond donors (Lipinski definition) is 3. The topological polar surface area (TPSA) is 133 Å². The van der Waals surface area contributed by atoms with Crippen molar-refractivity contribution in [2.75, 3.05) is 19.4 Å². The number of nitrogens with two attached hydrogens (primary N) is 2. The molecular weight excluding hydrogens is 420 g/mol. The summed E-state index contributed by atoms with van der Waals surface area (Å²) in [5, 5.41) is 6.73. The lowest BCUT2D eigenvalue weighted by atomic mass is 9.97. The van der Waals surface area contributed by atoms with E-state index in [1.165, 1.54) is 7.11 Å². The van der Waals surface area contributed by atoms with Crippen molar-refractivity contribution in [3.8, 4) is 5.75 Å². The van der Waals surface area contributed by atoms with Crippen LogP contribution in [0.4, 0.5) is 5.69 Å².